The molecule has 0 bridgehead atoms. The maximum atomic E-state index is 11.9. The molecule has 1 aliphatic heterocycles. The number of carbonyl (C=O) groups is 1. The first-order valence-electron chi connectivity index (χ1n) is 11.7. The fourth-order valence-corrected chi connectivity index (χ4v) is 5.10. The number of ether oxygens (including phenoxy) is 1. The topological polar surface area (TPSA) is 71.4 Å². The van der Waals surface area contributed by atoms with Crippen molar-refractivity contribution in [1.82, 2.24) is 14.9 Å². The van der Waals surface area contributed by atoms with Gasteiger partial charge in [0.25, 0.3) is 0 Å². The van der Waals surface area contributed by atoms with Crippen LogP contribution in [0.4, 0.5) is 11.4 Å². The van der Waals surface area contributed by atoms with Gasteiger partial charge in [0.1, 0.15) is 11.8 Å². The van der Waals surface area contributed by atoms with Crippen LogP contribution >= 0.6 is 12.2 Å². The van der Waals surface area contributed by atoms with Gasteiger partial charge in [-0.3, -0.25) is 9.78 Å². The molecule has 1 amide bonds. The minimum atomic E-state index is -0.208. The van der Waals surface area contributed by atoms with Gasteiger partial charge in [0.15, 0.2) is 5.11 Å². The molecule has 1 saturated heterocycles. The highest BCUT2D eigenvalue weighted by Crippen LogP contribution is 2.44. The third-order valence-corrected chi connectivity index (χ3v) is 6.64. The summed E-state index contributed by atoms with van der Waals surface area (Å²) in [6.07, 6.45) is 3.87. The van der Waals surface area contributed by atoms with E-state index in [4.69, 9.17) is 17.0 Å². The molecule has 2 atom stereocenters. The molecule has 1 fully saturated rings. The number of amides is 1. The van der Waals surface area contributed by atoms with E-state index in [-0.39, 0.29) is 18.0 Å². The normalized spacial score (nSPS) is 17.1. The Hall–Kier alpha value is -4.17. The Morgan fingerprint density at radius 1 is 1.08 bits per heavy atom. The number of nitrogens with zero attached hydrogens (tertiary/aromatic N) is 3. The lowest BCUT2D eigenvalue weighted by Gasteiger charge is -2.29. The number of rotatable bonds is 6. The number of aromatic nitrogens is 2. The molecule has 7 nitrogen and oxygen atoms in total. The molecule has 5 rings (SSSR count). The highest BCUT2D eigenvalue weighted by atomic mass is 32.1. The van der Waals surface area contributed by atoms with Gasteiger partial charge < -0.3 is 24.8 Å². The van der Waals surface area contributed by atoms with Crippen LogP contribution < -0.4 is 20.3 Å². The molecule has 0 unspecified atom stereocenters. The number of pyridine rings is 1. The van der Waals surface area contributed by atoms with E-state index in [0.717, 1.165) is 22.8 Å². The van der Waals surface area contributed by atoms with Gasteiger partial charge in [-0.1, -0.05) is 24.3 Å². The van der Waals surface area contributed by atoms with Crippen LogP contribution in [0, 0.1) is 6.92 Å². The van der Waals surface area contributed by atoms with E-state index >= 15 is 0 Å². The zero-order valence-corrected chi connectivity index (χ0v) is 21.1. The predicted octanol–water partition coefficient (Wildman–Crippen LogP) is 5.32. The van der Waals surface area contributed by atoms with Gasteiger partial charge in [0, 0.05) is 36.4 Å². The Morgan fingerprint density at radius 2 is 1.89 bits per heavy atom. The zero-order valence-electron chi connectivity index (χ0n) is 20.3. The highest BCUT2D eigenvalue weighted by Gasteiger charge is 2.42. The number of methoxy groups -OCH3 is 1. The first-order valence-corrected chi connectivity index (χ1v) is 12.1. The summed E-state index contributed by atoms with van der Waals surface area (Å²) in [5, 5.41) is 6.95. The molecular weight excluding hydrogens is 470 g/mol. The smallest absolute Gasteiger partial charge is 0.221 e. The third-order valence-electron chi connectivity index (χ3n) is 6.33. The molecule has 8 heteroatoms. The molecule has 36 heavy (non-hydrogen) atoms. The Balaban J connectivity index is 1.67. The van der Waals surface area contributed by atoms with E-state index in [1.165, 1.54) is 12.5 Å². The monoisotopic (exact) mass is 497 g/mol. The van der Waals surface area contributed by atoms with E-state index < -0.39 is 0 Å². The van der Waals surface area contributed by atoms with Crippen molar-refractivity contribution in [1.29, 1.82) is 0 Å². The van der Waals surface area contributed by atoms with E-state index in [1.807, 2.05) is 54.6 Å². The summed E-state index contributed by atoms with van der Waals surface area (Å²) >= 11 is 5.89. The summed E-state index contributed by atoms with van der Waals surface area (Å²) < 4.78 is 7.68. The van der Waals surface area contributed by atoms with Crippen molar-refractivity contribution in [2.45, 2.75) is 25.9 Å². The Morgan fingerprint density at radius 3 is 2.61 bits per heavy atom. The van der Waals surface area contributed by atoms with Crippen LogP contribution in [0.1, 0.15) is 36.0 Å². The Bertz CT molecular complexity index is 1420. The first-order chi connectivity index (χ1) is 17.5. The lowest BCUT2D eigenvalue weighted by Crippen LogP contribution is -2.30. The zero-order chi connectivity index (χ0) is 25.2. The molecule has 1 aliphatic rings. The van der Waals surface area contributed by atoms with Crippen LogP contribution in [0.2, 0.25) is 0 Å². The molecule has 2 aromatic carbocycles. The van der Waals surface area contributed by atoms with Crippen molar-refractivity contribution in [2.75, 3.05) is 17.3 Å². The molecule has 0 saturated carbocycles. The van der Waals surface area contributed by atoms with Gasteiger partial charge >= 0.3 is 0 Å². The fourth-order valence-electron chi connectivity index (χ4n) is 4.75. The number of benzene rings is 2. The maximum absolute atomic E-state index is 11.9. The van der Waals surface area contributed by atoms with E-state index in [2.05, 4.69) is 56.4 Å². The second kappa shape index (κ2) is 9.83. The van der Waals surface area contributed by atoms with Crippen molar-refractivity contribution in [3.63, 3.8) is 0 Å². The Labute approximate surface area is 215 Å². The lowest BCUT2D eigenvalue weighted by atomic mass is 10.0. The number of aryl methyl sites for hydroxylation is 1. The van der Waals surface area contributed by atoms with Gasteiger partial charge in [-0.25, -0.2) is 0 Å². The van der Waals surface area contributed by atoms with Crippen molar-refractivity contribution in [2.24, 2.45) is 0 Å². The van der Waals surface area contributed by atoms with Gasteiger partial charge in [0.2, 0.25) is 5.91 Å². The van der Waals surface area contributed by atoms with Crippen molar-refractivity contribution < 1.29 is 9.53 Å². The van der Waals surface area contributed by atoms with Crippen LogP contribution in [-0.4, -0.2) is 27.7 Å². The van der Waals surface area contributed by atoms with Crippen molar-refractivity contribution >= 4 is 34.6 Å². The van der Waals surface area contributed by atoms with Gasteiger partial charge in [-0.2, -0.15) is 0 Å². The summed E-state index contributed by atoms with van der Waals surface area (Å²) in [6, 6.07) is 23.6. The molecule has 2 aromatic heterocycles. The maximum Gasteiger partial charge on any atom is 0.221 e. The summed E-state index contributed by atoms with van der Waals surface area (Å²) in [5.41, 5.74) is 5.63. The van der Waals surface area contributed by atoms with Crippen molar-refractivity contribution in [3.8, 4) is 11.4 Å². The van der Waals surface area contributed by atoms with Crippen LogP contribution in [0.25, 0.3) is 5.69 Å². The average molecular weight is 498 g/mol. The summed E-state index contributed by atoms with van der Waals surface area (Å²) in [7, 11) is 1.58. The largest absolute Gasteiger partial charge is 0.495 e. The van der Waals surface area contributed by atoms with Gasteiger partial charge in [0.05, 0.1) is 24.5 Å². The number of thiocarbonyl (C=S) groups is 1. The van der Waals surface area contributed by atoms with Crippen LogP contribution in [0.5, 0.6) is 5.75 Å². The quantitative estimate of drug-likeness (QED) is 0.351. The average Bonchev–Trinajstić information content (AvgIpc) is 3.48. The summed E-state index contributed by atoms with van der Waals surface area (Å²) in [6.45, 7) is 3.58. The number of hydrogen-bond donors (Lipinski definition) is 2. The van der Waals surface area contributed by atoms with E-state index in [9.17, 15) is 4.79 Å². The molecule has 0 aliphatic carbocycles. The number of para-hydroxylation sites is 1. The number of nitrogens with one attached hydrogen (secondary N) is 2. The number of hydrogen-bond acceptors (Lipinski definition) is 4. The second-order valence-corrected chi connectivity index (χ2v) is 9.04. The molecule has 2 N–H and O–H groups in total. The third kappa shape index (κ3) is 4.31. The SMILES string of the molecule is COc1ccc(N2C(=S)N[C@H](c3ccccn3)[C@@H]2c2cccn2-c2ccccc2C)cc1NC(C)=O. The highest BCUT2D eigenvalue weighted by molar-refractivity contribution is 7.80. The predicted molar refractivity (Wildman–Crippen MR) is 146 cm³/mol. The number of anilines is 2. The molecule has 182 valence electrons. The van der Waals surface area contributed by atoms with Gasteiger partial charge in [-0.15, -0.1) is 0 Å². The molecule has 3 heterocycles. The van der Waals surface area contributed by atoms with Crippen LogP contribution in [0.3, 0.4) is 0 Å². The van der Waals surface area contributed by atoms with E-state index in [0.29, 0.717) is 16.5 Å². The molecule has 4 aromatic rings. The number of carbonyl (C=O) groups excluding carboxylic acids is 1. The fraction of sp³-hybridized carbons (Fsp3) is 0.179. The standard InChI is InChI=1S/C28H27N5O2S/c1-18-9-4-5-11-23(18)32-16-8-12-24(32)27-26(21-10-6-7-15-29-21)31-28(36)33(27)20-13-14-25(35-3)22(17-20)30-19(2)34/h4-17,26-27H,1-3H3,(H,30,34)(H,31,36)/t26-,27+/m1/s1. The first kappa shape index (κ1) is 23.6. The molecular formula is C28H27N5O2S. The van der Waals surface area contributed by atoms with E-state index in [1.54, 1.807) is 13.3 Å². The van der Waals surface area contributed by atoms with Crippen molar-refractivity contribution in [3.05, 3.63) is 102 Å². The summed E-state index contributed by atoms with van der Waals surface area (Å²) in [4.78, 5) is 18.6. The minimum Gasteiger partial charge on any atom is -0.495 e. The van der Waals surface area contributed by atoms with Gasteiger partial charge in [-0.05, 0) is 73.2 Å². The summed E-state index contributed by atoms with van der Waals surface area (Å²) in [5.74, 6) is 0.400. The Kier molecular flexibility index (Phi) is 6.43. The lowest BCUT2D eigenvalue weighted by molar-refractivity contribution is -0.114. The van der Waals surface area contributed by atoms with Crippen LogP contribution in [-0.2, 0) is 4.79 Å². The van der Waals surface area contributed by atoms with Crippen LogP contribution in [0.15, 0.2) is 85.2 Å². The second-order valence-electron chi connectivity index (χ2n) is 8.65. The molecule has 0 radical (unpaired) electrons. The molecule has 0 spiro atoms. The minimum absolute atomic E-state index is 0.177.